The number of nitrogens with zero attached hydrogens (tertiary/aromatic N) is 1. The van der Waals surface area contributed by atoms with Gasteiger partial charge in [-0.3, -0.25) is 19.3 Å². The smallest absolute Gasteiger partial charge is 0.311 e. The second-order valence-corrected chi connectivity index (χ2v) is 6.97. The molecule has 4 atom stereocenters. The molecule has 1 heterocycles. The van der Waals surface area contributed by atoms with E-state index in [2.05, 4.69) is 6.92 Å². The summed E-state index contributed by atoms with van der Waals surface area (Å²) in [7, 11) is 0. The zero-order valence-corrected chi connectivity index (χ0v) is 12.0. The number of fused-ring (bicyclic) bond motifs is 1. The van der Waals surface area contributed by atoms with Crippen LogP contribution in [0.5, 0.6) is 0 Å². The number of hydrogen-bond acceptors (Lipinski definition) is 3. The Morgan fingerprint density at radius 2 is 1.80 bits per heavy atom. The molecule has 0 radical (unpaired) electrons. The van der Waals surface area contributed by atoms with Crippen molar-refractivity contribution in [2.75, 3.05) is 0 Å². The van der Waals surface area contributed by atoms with Crippen LogP contribution in [0.15, 0.2) is 0 Å². The van der Waals surface area contributed by atoms with Gasteiger partial charge in [-0.15, -0.1) is 0 Å². The van der Waals surface area contributed by atoms with E-state index in [1.807, 2.05) is 0 Å². The van der Waals surface area contributed by atoms with Crippen molar-refractivity contribution >= 4 is 17.8 Å². The molecule has 0 bridgehead atoms. The van der Waals surface area contributed by atoms with E-state index in [9.17, 15) is 19.5 Å². The monoisotopic (exact) mass is 279 g/mol. The molecule has 0 spiro atoms. The minimum atomic E-state index is -0.977. The largest absolute Gasteiger partial charge is 0.481 e. The van der Waals surface area contributed by atoms with E-state index in [0.717, 1.165) is 19.3 Å². The van der Waals surface area contributed by atoms with Gasteiger partial charge < -0.3 is 5.11 Å². The predicted molar refractivity (Wildman–Crippen MR) is 70.6 cm³/mol. The Morgan fingerprint density at radius 1 is 1.25 bits per heavy atom. The minimum Gasteiger partial charge on any atom is -0.481 e. The first-order valence-corrected chi connectivity index (χ1v) is 7.46. The molecule has 0 aromatic heterocycles. The van der Waals surface area contributed by atoms with Crippen LogP contribution in [0, 0.1) is 23.2 Å². The summed E-state index contributed by atoms with van der Waals surface area (Å²) in [6.45, 7) is 3.74. The van der Waals surface area contributed by atoms with Crippen LogP contribution in [0.4, 0.5) is 0 Å². The normalized spacial score (nSPS) is 44.2. The van der Waals surface area contributed by atoms with Gasteiger partial charge in [0.15, 0.2) is 0 Å². The van der Waals surface area contributed by atoms with Crippen molar-refractivity contribution in [2.24, 2.45) is 23.2 Å². The number of aliphatic carboxylic acids is 1. The number of carbonyl (C=O) groups is 3. The standard InChI is InChI=1S/C15H21NO4/c1-8-6-9-10(7-8)13(18)16(12(9)17)11-4-3-5-15(11,2)14(19)20/h8-11H,3-7H2,1-2H3,(H,19,20). The molecule has 2 saturated carbocycles. The second-order valence-electron chi connectivity index (χ2n) is 6.97. The fourth-order valence-electron chi connectivity index (χ4n) is 4.42. The molecule has 20 heavy (non-hydrogen) atoms. The number of imide groups is 1. The van der Waals surface area contributed by atoms with Gasteiger partial charge in [0.05, 0.1) is 23.3 Å². The van der Waals surface area contributed by atoms with Gasteiger partial charge in [-0.2, -0.15) is 0 Å². The molecule has 2 aliphatic carbocycles. The van der Waals surface area contributed by atoms with Crippen molar-refractivity contribution in [2.45, 2.75) is 52.0 Å². The van der Waals surface area contributed by atoms with Crippen LogP contribution in [0.1, 0.15) is 46.0 Å². The van der Waals surface area contributed by atoms with E-state index in [-0.39, 0.29) is 23.7 Å². The van der Waals surface area contributed by atoms with Crippen molar-refractivity contribution in [3.05, 3.63) is 0 Å². The van der Waals surface area contributed by atoms with Crippen LogP contribution in [0.25, 0.3) is 0 Å². The quantitative estimate of drug-likeness (QED) is 0.780. The maximum Gasteiger partial charge on any atom is 0.311 e. The van der Waals surface area contributed by atoms with E-state index in [1.54, 1.807) is 6.92 Å². The molecule has 4 unspecified atom stereocenters. The molecule has 110 valence electrons. The number of likely N-dealkylation sites (tertiary alicyclic amines) is 1. The summed E-state index contributed by atoms with van der Waals surface area (Å²) < 4.78 is 0. The van der Waals surface area contributed by atoms with Crippen LogP contribution in [-0.4, -0.2) is 33.8 Å². The Morgan fingerprint density at radius 3 is 2.30 bits per heavy atom. The lowest BCUT2D eigenvalue weighted by atomic mass is 9.84. The Hall–Kier alpha value is -1.39. The van der Waals surface area contributed by atoms with E-state index < -0.39 is 17.4 Å². The Kier molecular flexibility index (Phi) is 2.92. The van der Waals surface area contributed by atoms with Crippen LogP contribution >= 0.6 is 0 Å². The lowest BCUT2D eigenvalue weighted by Crippen LogP contribution is -2.50. The number of hydrogen-bond donors (Lipinski definition) is 1. The highest BCUT2D eigenvalue weighted by Gasteiger charge is 2.59. The fraction of sp³-hybridized carbons (Fsp3) is 0.800. The van der Waals surface area contributed by atoms with Crippen molar-refractivity contribution in [3.63, 3.8) is 0 Å². The van der Waals surface area contributed by atoms with Gasteiger partial charge >= 0.3 is 5.97 Å². The molecule has 1 aliphatic heterocycles. The Balaban J connectivity index is 1.90. The van der Waals surface area contributed by atoms with Gasteiger partial charge in [0, 0.05) is 0 Å². The van der Waals surface area contributed by atoms with Gasteiger partial charge in [-0.1, -0.05) is 13.3 Å². The molecule has 5 heteroatoms. The number of amides is 2. The SMILES string of the molecule is CC1CC2C(=O)N(C3CCCC3(C)C(=O)O)C(=O)C2C1. The first-order valence-electron chi connectivity index (χ1n) is 7.46. The molecule has 3 rings (SSSR count). The van der Waals surface area contributed by atoms with Crippen LogP contribution in [0.3, 0.4) is 0 Å². The molecular formula is C15H21NO4. The first-order chi connectivity index (χ1) is 9.36. The summed E-state index contributed by atoms with van der Waals surface area (Å²) in [5.74, 6) is -1.12. The van der Waals surface area contributed by atoms with Crippen molar-refractivity contribution in [1.29, 1.82) is 0 Å². The van der Waals surface area contributed by atoms with Crippen LogP contribution in [-0.2, 0) is 14.4 Å². The third kappa shape index (κ3) is 1.64. The highest BCUT2D eigenvalue weighted by molar-refractivity contribution is 6.06. The zero-order chi connectivity index (χ0) is 14.7. The molecule has 0 aromatic rings. The van der Waals surface area contributed by atoms with Gasteiger partial charge in [0.2, 0.25) is 11.8 Å². The number of carbonyl (C=O) groups excluding carboxylic acids is 2. The Labute approximate surface area is 118 Å². The molecule has 3 aliphatic rings. The average molecular weight is 279 g/mol. The molecule has 0 aromatic carbocycles. The highest BCUT2D eigenvalue weighted by atomic mass is 16.4. The first kappa shape index (κ1) is 13.6. The molecule has 1 saturated heterocycles. The predicted octanol–water partition coefficient (Wildman–Crippen LogP) is 1.66. The summed E-state index contributed by atoms with van der Waals surface area (Å²) in [6.07, 6.45) is 3.45. The molecule has 3 fully saturated rings. The number of rotatable bonds is 2. The maximum absolute atomic E-state index is 12.6. The molecule has 2 amide bonds. The number of carboxylic acid groups (broad SMARTS) is 1. The molecular weight excluding hydrogens is 258 g/mol. The average Bonchev–Trinajstić information content (AvgIpc) is 2.99. The maximum atomic E-state index is 12.6. The summed E-state index contributed by atoms with van der Waals surface area (Å²) in [5.41, 5.74) is -0.977. The fourth-order valence-corrected chi connectivity index (χ4v) is 4.42. The van der Waals surface area contributed by atoms with Crippen molar-refractivity contribution < 1.29 is 19.5 Å². The van der Waals surface area contributed by atoms with E-state index in [4.69, 9.17) is 0 Å². The lowest BCUT2D eigenvalue weighted by Gasteiger charge is -2.34. The third-order valence-corrected chi connectivity index (χ3v) is 5.62. The van der Waals surface area contributed by atoms with Gasteiger partial charge in [0.1, 0.15) is 0 Å². The molecule has 1 N–H and O–H groups in total. The van der Waals surface area contributed by atoms with E-state index >= 15 is 0 Å². The van der Waals surface area contributed by atoms with Crippen molar-refractivity contribution in [1.82, 2.24) is 4.90 Å². The highest BCUT2D eigenvalue weighted by Crippen LogP contribution is 2.49. The van der Waals surface area contributed by atoms with E-state index in [0.29, 0.717) is 18.8 Å². The topological polar surface area (TPSA) is 74.7 Å². The van der Waals surface area contributed by atoms with Gasteiger partial charge in [-0.05, 0) is 38.5 Å². The van der Waals surface area contributed by atoms with E-state index in [1.165, 1.54) is 4.90 Å². The summed E-state index contributed by atoms with van der Waals surface area (Å²) in [4.78, 5) is 38.0. The second kappa shape index (κ2) is 4.30. The Bertz CT molecular complexity index is 464. The lowest BCUT2D eigenvalue weighted by molar-refractivity contribution is -0.155. The van der Waals surface area contributed by atoms with Gasteiger partial charge in [0.25, 0.3) is 0 Å². The van der Waals surface area contributed by atoms with Crippen LogP contribution < -0.4 is 0 Å². The van der Waals surface area contributed by atoms with Gasteiger partial charge in [-0.25, -0.2) is 0 Å². The summed E-state index contributed by atoms with van der Waals surface area (Å²) >= 11 is 0. The summed E-state index contributed by atoms with van der Waals surface area (Å²) in [6, 6.07) is -0.457. The van der Waals surface area contributed by atoms with Crippen LogP contribution in [0.2, 0.25) is 0 Å². The molecule has 5 nitrogen and oxygen atoms in total. The summed E-state index contributed by atoms with van der Waals surface area (Å²) in [5, 5.41) is 9.47. The van der Waals surface area contributed by atoms with Crippen molar-refractivity contribution in [3.8, 4) is 0 Å². The number of carboxylic acids is 1. The third-order valence-electron chi connectivity index (χ3n) is 5.62. The zero-order valence-electron chi connectivity index (χ0n) is 12.0. The minimum absolute atomic E-state index is 0.122.